The second-order valence-electron chi connectivity index (χ2n) is 3.53. The predicted octanol–water partition coefficient (Wildman–Crippen LogP) is -0.442. The summed E-state index contributed by atoms with van der Waals surface area (Å²) >= 11 is 0. The maximum atomic E-state index is 11.7. The van der Waals surface area contributed by atoms with Crippen LogP contribution in [-0.2, 0) is 19.6 Å². The second kappa shape index (κ2) is 4.91. The second-order valence-corrected chi connectivity index (χ2v) is 5.53. The fourth-order valence-electron chi connectivity index (χ4n) is 1.38. The Hall–Kier alpha value is -0.660. The van der Waals surface area contributed by atoms with Crippen LogP contribution in [0.5, 0.6) is 0 Å². The van der Waals surface area contributed by atoms with Gasteiger partial charge in [0, 0.05) is 13.2 Å². The molecule has 0 aliphatic carbocycles. The molecular formula is C8H15NO5S. The third-order valence-corrected chi connectivity index (χ3v) is 4.35. The van der Waals surface area contributed by atoms with E-state index in [1.54, 1.807) is 0 Å². The molecule has 1 rings (SSSR count). The number of carbonyl (C=O) groups is 1. The number of ether oxygens (including phenoxy) is 1. The van der Waals surface area contributed by atoms with Gasteiger partial charge in [0.2, 0.25) is 10.0 Å². The highest BCUT2D eigenvalue weighted by molar-refractivity contribution is 7.90. The van der Waals surface area contributed by atoms with Crippen LogP contribution in [0.4, 0.5) is 0 Å². The largest absolute Gasteiger partial charge is 0.480 e. The van der Waals surface area contributed by atoms with E-state index >= 15 is 0 Å². The number of carboxylic acids is 1. The van der Waals surface area contributed by atoms with E-state index in [2.05, 4.69) is 4.72 Å². The van der Waals surface area contributed by atoms with E-state index in [-0.39, 0.29) is 0 Å². The van der Waals surface area contributed by atoms with Crippen LogP contribution < -0.4 is 4.72 Å². The Bertz CT molecular complexity index is 320. The van der Waals surface area contributed by atoms with Gasteiger partial charge in [-0.2, -0.15) is 0 Å². The molecule has 1 aliphatic rings. The fraction of sp³-hybridized carbons (Fsp3) is 0.875. The van der Waals surface area contributed by atoms with E-state index in [1.807, 2.05) is 0 Å². The third kappa shape index (κ3) is 3.44. The summed E-state index contributed by atoms with van der Waals surface area (Å²) in [5, 5.41) is 8.06. The number of sulfonamides is 1. The van der Waals surface area contributed by atoms with Crippen molar-refractivity contribution >= 4 is 16.0 Å². The first-order valence-corrected chi connectivity index (χ1v) is 6.30. The highest BCUT2D eigenvalue weighted by atomic mass is 32.2. The van der Waals surface area contributed by atoms with Gasteiger partial charge in [0.25, 0.3) is 0 Å². The first-order valence-electron chi connectivity index (χ1n) is 4.75. The Morgan fingerprint density at radius 3 is 2.47 bits per heavy atom. The lowest BCUT2D eigenvalue weighted by Gasteiger charge is -2.23. The number of aliphatic carboxylic acids is 1. The first-order chi connectivity index (χ1) is 6.93. The summed E-state index contributed by atoms with van der Waals surface area (Å²) in [6, 6.07) is -1.09. The van der Waals surface area contributed by atoms with Crippen molar-refractivity contribution in [2.45, 2.75) is 31.1 Å². The van der Waals surface area contributed by atoms with Gasteiger partial charge in [-0.15, -0.1) is 0 Å². The summed E-state index contributed by atoms with van der Waals surface area (Å²) in [6.07, 6.45) is 0.837. The molecule has 0 aromatic carbocycles. The molecule has 1 atom stereocenters. The molecule has 88 valence electrons. The molecule has 0 aromatic rings. The molecule has 1 saturated heterocycles. The summed E-state index contributed by atoms with van der Waals surface area (Å²) in [7, 11) is -3.54. The zero-order chi connectivity index (χ0) is 11.5. The molecule has 1 aliphatic heterocycles. The SMILES string of the molecule is C[C@@H](NS(=O)(=O)C1CCOCC1)C(=O)O. The molecule has 0 unspecified atom stereocenters. The van der Waals surface area contributed by atoms with Crippen molar-refractivity contribution in [1.29, 1.82) is 0 Å². The molecular weight excluding hydrogens is 222 g/mol. The van der Waals surface area contributed by atoms with Gasteiger partial charge in [0.05, 0.1) is 5.25 Å². The van der Waals surface area contributed by atoms with E-state index in [0.717, 1.165) is 0 Å². The van der Waals surface area contributed by atoms with Crippen molar-refractivity contribution in [3.05, 3.63) is 0 Å². The van der Waals surface area contributed by atoms with E-state index in [1.165, 1.54) is 6.92 Å². The van der Waals surface area contributed by atoms with Gasteiger partial charge in [-0.3, -0.25) is 4.79 Å². The van der Waals surface area contributed by atoms with Crippen molar-refractivity contribution < 1.29 is 23.1 Å². The third-order valence-electron chi connectivity index (χ3n) is 2.32. The zero-order valence-electron chi connectivity index (χ0n) is 8.47. The molecule has 0 aromatic heterocycles. The van der Waals surface area contributed by atoms with Crippen LogP contribution in [0.1, 0.15) is 19.8 Å². The monoisotopic (exact) mass is 237 g/mol. The van der Waals surface area contributed by atoms with E-state index in [0.29, 0.717) is 26.1 Å². The minimum absolute atomic E-state index is 0.410. The normalized spacial score (nSPS) is 21.1. The first kappa shape index (κ1) is 12.4. The molecule has 0 amide bonds. The summed E-state index contributed by atoms with van der Waals surface area (Å²) < 4.78 is 30.5. The van der Waals surface area contributed by atoms with Gasteiger partial charge in [0.1, 0.15) is 6.04 Å². The average Bonchev–Trinajstić information content (AvgIpc) is 2.18. The van der Waals surface area contributed by atoms with Gasteiger partial charge >= 0.3 is 5.97 Å². The number of rotatable bonds is 4. The van der Waals surface area contributed by atoms with Crippen molar-refractivity contribution in [3.8, 4) is 0 Å². The molecule has 0 saturated carbocycles. The molecule has 6 nitrogen and oxygen atoms in total. The standard InChI is InChI=1S/C8H15NO5S/c1-6(8(10)11)9-15(12,13)7-2-4-14-5-3-7/h6-7,9H,2-5H2,1H3,(H,10,11)/t6-/m1/s1. The molecule has 15 heavy (non-hydrogen) atoms. The van der Waals surface area contributed by atoms with E-state index in [4.69, 9.17) is 9.84 Å². The lowest BCUT2D eigenvalue weighted by molar-refractivity contribution is -0.138. The zero-order valence-corrected chi connectivity index (χ0v) is 9.29. The Balaban J connectivity index is 2.61. The van der Waals surface area contributed by atoms with Crippen LogP contribution in [0.25, 0.3) is 0 Å². The molecule has 2 N–H and O–H groups in total. The Morgan fingerprint density at radius 1 is 1.47 bits per heavy atom. The quantitative estimate of drug-likeness (QED) is 0.691. The summed E-state index contributed by atoms with van der Waals surface area (Å²) in [4.78, 5) is 10.5. The highest BCUT2D eigenvalue weighted by Crippen LogP contribution is 2.14. The topological polar surface area (TPSA) is 92.7 Å². The number of nitrogens with one attached hydrogen (secondary N) is 1. The van der Waals surface area contributed by atoms with Crippen LogP contribution in [0.2, 0.25) is 0 Å². The van der Waals surface area contributed by atoms with Crippen LogP contribution in [0.15, 0.2) is 0 Å². The lowest BCUT2D eigenvalue weighted by atomic mass is 10.2. The van der Waals surface area contributed by atoms with Crippen LogP contribution in [0.3, 0.4) is 0 Å². The maximum absolute atomic E-state index is 11.7. The van der Waals surface area contributed by atoms with Gasteiger partial charge in [-0.25, -0.2) is 13.1 Å². The highest BCUT2D eigenvalue weighted by Gasteiger charge is 2.30. The van der Waals surface area contributed by atoms with Gasteiger partial charge < -0.3 is 9.84 Å². The summed E-state index contributed by atoms with van der Waals surface area (Å²) in [5.41, 5.74) is 0. The van der Waals surface area contributed by atoms with Gasteiger partial charge in [0.15, 0.2) is 0 Å². The molecule has 7 heteroatoms. The van der Waals surface area contributed by atoms with Gasteiger partial charge in [-0.05, 0) is 19.8 Å². The molecule has 0 bridgehead atoms. The predicted molar refractivity (Wildman–Crippen MR) is 53.0 cm³/mol. The molecule has 0 spiro atoms. The van der Waals surface area contributed by atoms with Crippen LogP contribution in [0, 0.1) is 0 Å². The van der Waals surface area contributed by atoms with Gasteiger partial charge in [-0.1, -0.05) is 0 Å². The Labute approximate surface area is 88.7 Å². The maximum Gasteiger partial charge on any atom is 0.321 e. The van der Waals surface area contributed by atoms with E-state index in [9.17, 15) is 13.2 Å². The van der Waals surface area contributed by atoms with Crippen molar-refractivity contribution in [2.75, 3.05) is 13.2 Å². The average molecular weight is 237 g/mol. The fourth-order valence-corrected chi connectivity index (χ4v) is 2.98. The molecule has 1 heterocycles. The molecule has 0 radical (unpaired) electrons. The molecule has 1 fully saturated rings. The van der Waals surface area contributed by atoms with Crippen molar-refractivity contribution in [3.63, 3.8) is 0 Å². The number of carboxylic acid groups (broad SMARTS) is 1. The summed E-state index contributed by atoms with van der Waals surface area (Å²) in [5.74, 6) is -1.18. The summed E-state index contributed by atoms with van der Waals surface area (Å²) in [6.45, 7) is 2.12. The lowest BCUT2D eigenvalue weighted by Crippen LogP contribution is -2.45. The van der Waals surface area contributed by atoms with Crippen molar-refractivity contribution in [2.24, 2.45) is 0 Å². The Morgan fingerprint density at radius 2 is 2.00 bits per heavy atom. The minimum atomic E-state index is -3.54. The van der Waals surface area contributed by atoms with Crippen LogP contribution in [-0.4, -0.2) is 44.0 Å². The number of hydrogen-bond donors (Lipinski definition) is 2. The minimum Gasteiger partial charge on any atom is -0.480 e. The smallest absolute Gasteiger partial charge is 0.321 e. The Kier molecular flexibility index (Phi) is 4.06. The number of hydrogen-bond acceptors (Lipinski definition) is 4. The van der Waals surface area contributed by atoms with E-state index < -0.39 is 27.3 Å². The van der Waals surface area contributed by atoms with Crippen LogP contribution >= 0.6 is 0 Å². The van der Waals surface area contributed by atoms with Crippen molar-refractivity contribution in [1.82, 2.24) is 4.72 Å².